The zero-order valence-corrected chi connectivity index (χ0v) is 13.1. The quantitative estimate of drug-likeness (QED) is 0.898. The average Bonchev–Trinajstić information content (AvgIpc) is 2.70. The average molecular weight is 314 g/mol. The molecule has 1 aromatic rings. The minimum Gasteiger partial charge on any atom is -0.338 e. The minimum atomic E-state index is -4.07. The second kappa shape index (κ2) is 5.38. The van der Waals surface area contributed by atoms with Crippen LogP contribution in [0.25, 0.3) is 0 Å². The monoisotopic (exact) mass is 314 g/mol. The van der Waals surface area contributed by atoms with Crippen molar-refractivity contribution < 1.29 is 17.6 Å². The first-order valence-corrected chi connectivity index (χ1v) is 8.28. The highest BCUT2D eigenvalue weighted by molar-refractivity contribution is 7.89. The molecule has 1 heterocycles. The van der Waals surface area contributed by atoms with E-state index in [9.17, 15) is 17.6 Å². The third kappa shape index (κ3) is 3.08. The van der Waals surface area contributed by atoms with Crippen LogP contribution in [-0.4, -0.2) is 32.3 Å². The lowest BCUT2D eigenvalue weighted by Crippen LogP contribution is -2.29. The first kappa shape index (κ1) is 15.9. The van der Waals surface area contributed by atoms with Crippen LogP contribution >= 0.6 is 0 Å². The summed E-state index contributed by atoms with van der Waals surface area (Å²) < 4.78 is 36.9. The first-order valence-electron chi connectivity index (χ1n) is 6.73. The van der Waals surface area contributed by atoms with E-state index in [0.29, 0.717) is 24.9 Å². The number of sulfonamides is 1. The van der Waals surface area contributed by atoms with Crippen molar-refractivity contribution >= 4 is 15.9 Å². The van der Waals surface area contributed by atoms with Crippen LogP contribution in [0.15, 0.2) is 17.0 Å². The van der Waals surface area contributed by atoms with Gasteiger partial charge in [-0.25, -0.2) is 17.9 Å². The molecule has 116 valence electrons. The van der Waals surface area contributed by atoms with Crippen LogP contribution in [0.1, 0.15) is 29.8 Å². The van der Waals surface area contributed by atoms with E-state index in [1.807, 2.05) is 13.8 Å². The van der Waals surface area contributed by atoms with E-state index in [0.717, 1.165) is 12.1 Å². The molecule has 0 saturated carbocycles. The molecule has 1 amide bonds. The van der Waals surface area contributed by atoms with Gasteiger partial charge in [-0.3, -0.25) is 4.79 Å². The molecule has 21 heavy (non-hydrogen) atoms. The second-order valence-electron chi connectivity index (χ2n) is 5.79. The van der Waals surface area contributed by atoms with E-state index in [-0.39, 0.29) is 21.9 Å². The number of hydrogen-bond acceptors (Lipinski definition) is 3. The standard InChI is InChI=1S/C14H19FN2O3S/c1-8-6-17(7-9(8)2)14(18)11-4-12(15)10(3)13(5-11)21(16,19)20/h4-5,8-9H,6-7H2,1-3H3,(H2,16,19,20). The van der Waals surface area contributed by atoms with Gasteiger partial charge in [-0.2, -0.15) is 0 Å². The number of carbonyl (C=O) groups excluding carboxylic acids is 1. The summed E-state index contributed by atoms with van der Waals surface area (Å²) in [6, 6.07) is 2.23. The number of rotatable bonds is 2. The molecule has 1 saturated heterocycles. The van der Waals surface area contributed by atoms with Crippen molar-refractivity contribution in [2.24, 2.45) is 17.0 Å². The van der Waals surface area contributed by atoms with Crippen LogP contribution in [-0.2, 0) is 10.0 Å². The van der Waals surface area contributed by atoms with Crippen molar-refractivity contribution in [2.45, 2.75) is 25.7 Å². The summed E-state index contributed by atoms with van der Waals surface area (Å²) in [5.41, 5.74) is -0.0550. The number of halogens is 1. The van der Waals surface area contributed by atoms with E-state index >= 15 is 0 Å². The number of carbonyl (C=O) groups is 1. The van der Waals surface area contributed by atoms with Crippen LogP contribution in [0.3, 0.4) is 0 Å². The largest absolute Gasteiger partial charge is 0.338 e. The van der Waals surface area contributed by atoms with Gasteiger partial charge in [0.15, 0.2) is 0 Å². The molecular formula is C14H19FN2O3S. The third-order valence-corrected chi connectivity index (χ3v) is 5.16. The van der Waals surface area contributed by atoms with E-state index in [1.54, 1.807) is 4.90 Å². The van der Waals surface area contributed by atoms with E-state index < -0.39 is 15.8 Å². The normalized spacial score (nSPS) is 22.6. The molecule has 7 heteroatoms. The molecule has 5 nitrogen and oxygen atoms in total. The zero-order chi connectivity index (χ0) is 15.9. The first-order chi connectivity index (χ1) is 9.61. The van der Waals surface area contributed by atoms with Crippen molar-refractivity contribution in [1.82, 2.24) is 4.90 Å². The van der Waals surface area contributed by atoms with Crippen molar-refractivity contribution in [1.29, 1.82) is 0 Å². The Morgan fingerprint density at radius 2 is 1.81 bits per heavy atom. The summed E-state index contributed by atoms with van der Waals surface area (Å²) in [5, 5.41) is 5.07. The van der Waals surface area contributed by atoms with Gasteiger partial charge < -0.3 is 4.90 Å². The number of amides is 1. The maximum atomic E-state index is 13.9. The van der Waals surface area contributed by atoms with Gasteiger partial charge in [-0.15, -0.1) is 0 Å². The fourth-order valence-electron chi connectivity index (χ4n) is 2.55. The van der Waals surface area contributed by atoms with Gasteiger partial charge in [-0.05, 0) is 30.9 Å². The summed E-state index contributed by atoms with van der Waals surface area (Å²) in [4.78, 5) is 13.7. The van der Waals surface area contributed by atoms with Crippen molar-refractivity contribution in [3.05, 3.63) is 29.1 Å². The number of nitrogens with two attached hydrogens (primary N) is 1. The predicted molar refractivity (Wildman–Crippen MR) is 76.7 cm³/mol. The molecule has 0 radical (unpaired) electrons. The lowest BCUT2D eigenvalue weighted by atomic mass is 10.0. The molecular weight excluding hydrogens is 295 g/mol. The van der Waals surface area contributed by atoms with Crippen LogP contribution in [0.4, 0.5) is 4.39 Å². The molecule has 2 unspecified atom stereocenters. The fraction of sp³-hybridized carbons (Fsp3) is 0.500. The highest BCUT2D eigenvalue weighted by atomic mass is 32.2. The summed E-state index contributed by atoms with van der Waals surface area (Å²) in [6.45, 7) is 6.58. The zero-order valence-electron chi connectivity index (χ0n) is 12.3. The SMILES string of the molecule is Cc1c(F)cc(C(=O)N2CC(C)C(C)C2)cc1S(N)(=O)=O. The van der Waals surface area contributed by atoms with E-state index in [4.69, 9.17) is 5.14 Å². The van der Waals surface area contributed by atoms with Crippen LogP contribution in [0.2, 0.25) is 0 Å². The Balaban J connectivity index is 2.42. The van der Waals surface area contributed by atoms with Gasteiger partial charge in [0, 0.05) is 24.2 Å². The van der Waals surface area contributed by atoms with Gasteiger partial charge in [0.1, 0.15) is 5.82 Å². The molecule has 0 bridgehead atoms. The van der Waals surface area contributed by atoms with Gasteiger partial charge >= 0.3 is 0 Å². The summed E-state index contributed by atoms with van der Waals surface area (Å²) in [6.07, 6.45) is 0. The minimum absolute atomic E-state index is 0.0171. The van der Waals surface area contributed by atoms with Crippen LogP contribution < -0.4 is 5.14 Å². The van der Waals surface area contributed by atoms with Gasteiger partial charge in [0.2, 0.25) is 10.0 Å². The van der Waals surface area contributed by atoms with Gasteiger partial charge in [-0.1, -0.05) is 13.8 Å². The Labute approximate surface area is 124 Å². The van der Waals surface area contributed by atoms with E-state index in [1.165, 1.54) is 6.92 Å². The Bertz CT molecular complexity index is 678. The molecule has 2 N–H and O–H groups in total. The Hall–Kier alpha value is -1.47. The van der Waals surface area contributed by atoms with E-state index in [2.05, 4.69) is 0 Å². The molecule has 0 aromatic heterocycles. The fourth-order valence-corrected chi connectivity index (χ4v) is 3.37. The summed E-state index contributed by atoms with van der Waals surface area (Å²) >= 11 is 0. The summed E-state index contributed by atoms with van der Waals surface area (Å²) in [7, 11) is -4.07. The topological polar surface area (TPSA) is 80.5 Å². The number of nitrogens with zero attached hydrogens (tertiary/aromatic N) is 1. The Morgan fingerprint density at radius 1 is 1.29 bits per heavy atom. The Kier molecular flexibility index (Phi) is 4.08. The van der Waals surface area contributed by atoms with Crippen LogP contribution in [0.5, 0.6) is 0 Å². The van der Waals surface area contributed by atoms with Gasteiger partial charge in [0.05, 0.1) is 4.90 Å². The maximum Gasteiger partial charge on any atom is 0.254 e. The number of hydrogen-bond donors (Lipinski definition) is 1. The third-order valence-electron chi connectivity index (χ3n) is 4.13. The molecule has 2 atom stereocenters. The Morgan fingerprint density at radius 3 is 2.29 bits per heavy atom. The highest BCUT2D eigenvalue weighted by Gasteiger charge is 2.31. The predicted octanol–water partition coefficient (Wildman–Crippen LogP) is 1.51. The van der Waals surface area contributed by atoms with Gasteiger partial charge in [0.25, 0.3) is 5.91 Å². The van der Waals surface area contributed by atoms with Crippen molar-refractivity contribution in [3.63, 3.8) is 0 Å². The molecule has 1 fully saturated rings. The lowest BCUT2D eigenvalue weighted by molar-refractivity contribution is 0.0784. The molecule has 0 spiro atoms. The van der Waals surface area contributed by atoms with Crippen molar-refractivity contribution in [2.75, 3.05) is 13.1 Å². The smallest absolute Gasteiger partial charge is 0.254 e. The second-order valence-corrected chi connectivity index (χ2v) is 7.32. The van der Waals surface area contributed by atoms with Crippen LogP contribution in [0, 0.1) is 24.6 Å². The number of benzene rings is 1. The molecule has 2 rings (SSSR count). The lowest BCUT2D eigenvalue weighted by Gasteiger charge is -2.17. The summed E-state index contributed by atoms with van der Waals surface area (Å²) in [5.74, 6) is -0.385. The molecule has 1 aliphatic rings. The molecule has 1 aromatic carbocycles. The highest BCUT2D eigenvalue weighted by Crippen LogP contribution is 2.26. The maximum absolute atomic E-state index is 13.9. The molecule has 0 aliphatic carbocycles. The number of primary sulfonamides is 1. The molecule has 1 aliphatic heterocycles. The number of likely N-dealkylation sites (tertiary alicyclic amines) is 1. The van der Waals surface area contributed by atoms with Crippen molar-refractivity contribution in [3.8, 4) is 0 Å².